The highest BCUT2D eigenvalue weighted by molar-refractivity contribution is 5.94. The van der Waals surface area contributed by atoms with Crippen molar-refractivity contribution in [1.29, 1.82) is 0 Å². The van der Waals surface area contributed by atoms with Gasteiger partial charge in [0.05, 0.1) is 6.61 Å². The smallest absolute Gasteiger partial charge is 0.253 e. The molecule has 0 unspecified atom stereocenters. The molecule has 0 saturated carbocycles. The molecule has 3 heterocycles. The van der Waals surface area contributed by atoms with Crippen LogP contribution >= 0.6 is 0 Å². The fourth-order valence-corrected chi connectivity index (χ4v) is 4.65. The van der Waals surface area contributed by atoms with Crippen molar-refractivity contribution >= 4 is 5.91 Å². The molecule has 2 fully saturated rings. The van der Waals surface area contributed by atoms with Gasteiger partial charge in [0.15, 0.2) is 0 Å². The Hall–Kier alpha value is -2.40. The highest BCUT2D eigenvalue weighted by atomic mass is 16.5. The van der Waals surface area contributed by atoms with Crippen LogP contribution in [0, 0.1) is 11.3 Å². The SMILES string of the molecule is CC(C)COc1ccccc1CN1CCC2(CC1)CCN(C(=O)c1ccncc1)C2. The predicted molar refractivity (Wildman–Crippen MR) is 118 cm³/mol. The normalized spacial score (nSPS) is 18.8. The largest absolute Gasteiger partial charge is 0.493 e. The summed E-state index contributed by atoms with van der Waals surface area (Å²) in [5, 5.41) is 0. The molecule has 160 valence electrons. The quantitative estimate of drug-likeness (QED) is 0.718. The molecule has 0 radical (unpaired) electrons. The number of pyridine rings is 1. The summed E-state index contributed by atoms with van der Waals surface area (Å²) in [6.45, 7) is 9.95. The number of nitrogens with zero attached hydrogens (tertiary/aromatic N) is 3. The van der Waals surface area contributed by atoms with E-state index in [1.165, 1.54) is 5.56 Å². The van der Waals surface area contributed by atoms with E-state index in [2.05, 4.69) is 48.0 Å². The lowest BCUT2D eigenvalue weighted by molar-refractivity contribution is 0.0712. The Morgan fingerprint density at radius 2 is 1.77 bits per heavy atom. The predicted octanol–water partition coefficient (Wildman–Crippen LogP) is 4.24. The van der Waals surface area contributed by atoms with Crippen LogP contribution in [0.3, 0.4) is 0 Å². The summed E-state index contributed by atoms with van der Waals surface area (Å²) in [5.41, 5.74) is 2.31. The van der Waals surface area contributed by atoms with Gasteiger partial charge in [-0.1, -0.05) is 32.0 Å². The number of ether oxygens (including phenoxy) is 1. The summed E-state index contributed by atoms with van der Waals surface area (Å²) in [6, 6.07) is 12.1. The summed E-state index contributed by atoms with van der Waals surface area (Å²) in [5.74, 6) is 1.68. The Morgan fingerprint density at radius 3 is 2.50 bits per heavy atom. The van der Waals surface area contributed by atoms with Gasteiger partial charge >= 0.3 is 0 Å². The molecule has 5 nitrogen and oxygen atoms in total. The molecule has 1 amide bonds. The fourth-order valence-electron chi connectivity index (χ4n) is 4.65. The third-order valence-electron chi connectivity index (χ3n) is 6.51. The third kappa shape index (κ3) is 4.84. The minimum atomic E-state index is 0.146. The molecule has 0 aliphatic carbocycles. The molecule has 2 saturated heterocycles. The molecule has 1 aromatic carbocycles. The minimum absolute atomic E-state index is 0.146. The number of likely N-dealkylation sites (tertiary alicyclic amines) is 2. The number of amides is 1. The number of para-hydroxylation sites is 1. The summed E-state index contributed by atoms with van der Waals surface area (Å²) in [4.78, 5) is 21.4. The van der Waals surface area contributed by atoms with Crippen molar-refractivity contribution in [2.75, 3.05) is 32.8 Å². The van der Waals surface area contributed by atoms with Gasteiger partial charge in [-0.25, -0.2) is 0 Å². The van der Waals surface area contributed by atoms with E-state index in [1.54, 1.807) is 12.4 Å². The molecular weight excluding hydrogens is 374 g/mol. The monoisotopic (exact) mass is 407 g/mol. The van der Waals surface area contributed by atoms with Crippen LogP contribution in [0.5, 0.6) is 5.75 Å². The van der Waals surface area contributed by atoms with Crippen molar-refractivity contribution in [2.45, 2.75) is 39.7 Å². The van der Waals surface area contributed by atoms with Gasteiger partial charge in [-0.05, 0) is 61.9 Å². The van der Waals surface area contributed by atoms with Gasteiger partial charge in [0.1, 0.15) is 5.75 Å². The third-order valence-corrected chi connectivity index (χ3v) is 6.51. The summed E-state index contributed by atoms with van der Waals surface area (Å²) < 4.78 is 6.04. The first-order valence-corrected chi connectivity index (χ1v) is 11.2. The van der Waals surface area contributed by atoms with E-state index in [4.69, 9.17) is 4.74 Å². The first-order valence-electron chi connectivity index (χ1n) is 11.2. The second-order valence-electron chi connectivity index (χ2n) is 9.30. The zero-order valence-electron chi connectivity index (χ0n) is 18.2. The number of piperidine rings is 1. The molecule has 0 atom stereocenters. The molecule has 30 heavy (non-hydrogen) atoms. The standard InChI is InChI=1S/C25H33N3O2/c1-20(2)18-30-23-6-4-3-5-22(23)17-27-14-9-25(10-15-27)11-16-28(19-25)24(29)21-7-12-26-13-8-21/h3-8,12-13,20H,9-11,14-19H2,1-2H3. The molecule has 2 aromatic rings. The first-order chi connectivity index (χ1) is 14.5. The van der Waals surface area contributed by atoms with Crippen LogP contribution in [0.2, 0.25) is 0 Å². The highest BCUT2D eigenvalue weighted by Crippen LogP contribution is 2.41. The van der Waals surface area contributed by atoms with E-state index in [1.807, 2.05) is 17.0 Å². The Balaban J connectivity index is 1.32. The van der Waals surface area contributed by atoms with Crippen LogP contribution in [-0.4, -0.2) is 53.5 Å². The van der Waals surface area contributed by atoms with E-state index >= 15 is 0 Å². The minimum Gasteiger partial charge on any atom is -0.493 e. The topological polar surface area (TPSA) is 45.7 Å². The average Bonchev–Trinajstić information content (AvgIpc) is 3.18. The van der Waals surface area contributed by atoms with Gasteiger partial charge in [0, 0.05) is 43.2 Å². The van der Waals surface area contributed by atoms with Crippen molar-refractivity contribution in [3.05, 3.63) is 59.9 Å². The van der Waals surface area contributed by atoms with Crippen LogP contribution in [-0.2, 0) is 6.54 Å². The number of benzene rings is 1. The zero-order valence-corrected chi connectivity index (χ0v) is 18.2. The second kappa shape index (κ2) is 9.17. The average molecular weight is 408 g/mol. The number of carbonyl (C=O) groups excluding carboxylic acids is 1. The molecule has 4 rings (SSSR count). The highest BCUT2D eigenvalue weighted by Gasteiger charge is 2.42. The van der Waals surface area contributed by atoms with Crippen LogP contribution < -0.4 is 4.74 Å². The number of aromatic nitrogens is 1. The van der Waals surface area contributed by atoms with Crippen molar-refractivity contribution in [1.82, 2.24) is 14.8 Å². The maximum absolute atomic E-state index is 12.8. The van der Waals surface area contributed by atoms with Gasteiger partial charge in [0.2, 0.25) is 0 Å². The number of rotatable bonds is 6. The van der Waals surface area contributed by atoms with E-state index in [0.29, 0.717) is 5.92 Å². The first kappa shape index (κ1) is 20.9. The lowest BCUT2D eigenvalue weighted by Crippen LogP contribution is -2.42. The lowest BCUT2D eigenvalue weighted by atomic mass is 9.77. The molecule has 1 spiro atoms. The molecule has 2 aliphatic heterocycles. The Labute approximate surface area is 180 Å². The fraction of sp³-hybridized carbons (Fsp3) is 0.520. The van der Waals surface area contributed by atoms with Gasteiger partial charge in [-0.2, -0.15) is 0 Å². The Morgan fingerprint density at radius 1 is 1.07 bits per heavy atom. The van der Waals surface area contributed by atoms with Gasteiger partial charge in [0.25, 0.3) is 5.91 Å². The maximum Gasteiger partial charge on any atom is 0.253 e. The summed E-state index contributed by atoms with van der Waals surface area (Å²) in [6.07, 6.45) is 6.82. The molecule has 2 aliphatic rings. The zero-order chi connectivity index (χ0) is 21.0. The van der Waals surface area contributed by atoms with Crippen molar-refractivity contribution in [3.8, 4) is 5.75 Å². The molecule has 0 N–H and O–H groups in total. The van der Waals surface area contributed by atoms with E-state index in [0.717, 1.165) is 69.9 Å². The number of hydrogen-bond acceptors (Lipinski definition) is 4. The lowest BCUT2D eigenvalue weighted by Gasteiger charge is -2.39. The second-order valence-corrected chi connectivity index (χ2v) is 9.30. The molecule has 1 aromatic heterocycles. The van der Waals surface area contributed by atoms with E-state index < -0.39 is 0 Å². The molecular formula is C25H33N3O2. The maximum atomic E-state index is 12.8. The summed E-state index contributed by atoms with van der Waals surface area (Å²) >= 11 is 0. The van der Waals surface area contributed by atoms with Crippen LogP contribution in [0.1, 0.15) is 49.0 Å². The van der Waals surface area contributed by atoms with Gasteiger partial charge in [-0.3, -0.25) is 14.7 Å². The summed E-state index contributed by atoms with van der Waals surface area (Å²) in [7, 11) is 0. The molecule has 0 bridgehead atoms. The van der Waals surface area contributed by atoms with E-state index in [9.17, 15) is 4.79 Å². The molecule has 5 heteroatoms. The number of carbonyl (C=O) groups is 1. The van der Waals surface area contributed by atoms with Crippen LogP contribution in [0.25, 0.3) is 0 Å². The van der Waals surface area contributed by atoms with Crippen molar-refractivity contribution in [2.24, 2.45) is 11.3 Å². The van der Waals surface area contributed by atoms with Crippen molar-refractivity contribution < 1.29 is 9.53 Å². The van der Waals surface area contributed by atoms with Gasteiger partial charge in [-0.15, -0.1) is 0 Å². The van der Waals surface area contributed by atoms with Crippen LogP contribution in [0.15, 0.2) is 48.8 Å². The Bertz CT molecular complexity index is 844. The van der Waals surface area contributed by atoms with Gasteiger partial charge < -0.3 is 9.64 Å². The van der Waals surface area contributed by atoms with Crippen molar-refractivity contribution in [3.63, 3.8) is 0 Å². The van der Waals surface area contributed by atoms with E-state index in [-0.39, 0.29) is 11.3 Å². The number of hydrogen-bond donors (Lipinski definition) is 0. The van der Waals surface area contributed by atoms with Crippen LogP contribution in [0.4, 0.5) is 0 Å². The Kier molecular flexibility index (Phi) is 6.38.